The highest BCUT2D eigenvalue weighted by Crippen LogP contribution is 2.30. The summed E-state index contributed by atoms with van der Waals surface area (Å²) in [5.74, 6) is 0.730. The quantitative estimate of drug-likeness (QED) is 0.373. The lowest BCUT2D eigenvalue weighted by atomic mass is 10.1. The van der Waals surface area contributed by atoms with Crippen molar-refractivity contribution in [2.75, 3.05) is 30.8 Å². The number of methoxy groups -OCH3 is 1. The molecule has 1 N–H and O–H groups in total. The maximum absolute atomic E-state index is 13.5. The van der Waals surface area contributed by atoms with Crippen LogP contribution in [-0.2, 0) is 26.2 Å². The fourth-order valence-corrected chi connectivity index (χ4v) is 5.83. The van der Waals surface area contributed by atoms with E-state index in [9.17, 15) is 18.0 Å². The average molecular weight is 560 g/mol. The van der Waals surface area contributed by atoms with Crippen molar-refractivity contribution in [2.24, 2.45) is 0 Å². The minimum atomic E-state index is -3.63. The smallest absolute Gasteiger partial charge is 0.242 e. The van der Waals surface area contributed by atoms with Crippen molar-refractivity contribution < 1.29 is 27.5 Å². The molecule has 0 radical (unpaired) electrons. The van der Waals surface area contributed by atoms with E-state index < -0.39 is 16.1 Å². The SMILES string of the molecule is CCOc1ccccc1N(CCCC(=O)N(Cc1cccc(OC)c1)C(C)C(=O)NC1CCCC1)S(C)(=O)=O. The Kier molecular flexibility index (Phi) is 11.0. The number of nitrogens with zero attached hydrogens (tertiary/aromatic N) is 2. The first-order valence-electron chi connectivity index (χ1n) is 13.6. The first-order chi connectivity index (χ1) is 18.6. The second kappa shape index (κ2) is 14.2. The molecule has 0 bridgehead atoms. The summed E-state index contributed by atoms with van der Waals surface area (Å²) in [5, 5.41) is 3.10. The lowest BCUT2D eigenvalue weighted by molar-refractivity contribution is -0.141. The molecule has 214 valence electrons. The summed E-state index contributed by atoms with van der Waals surface area (Å²) in [6.45, 7) is 4.31. The molecule has 1 aliphatic rings. The molecule has 2 amide bonds. The van der Waals surface area contributed by atoms with E-state index >= 15 is 0 Å². The maximum atomic E-state index is 13.5. The largest absolute Gasteiger partial charge is 0.497 e. The molecule has 0 saturated heterocycles. The Labute approximate surface area is 232 Å². The van der Waals surface area contributed by atoms with Gasteiger partial charge in [0.15, 0.2) is 0 Å². The molecule has 2 aromatic carbocycles. The molecule has 2 aromatic rings. The second-order valence-electron chi connectivity index (χ2n) is 9.88. The zero-order chi connectivity index (χ0) is 28.4. The molecular weight excluding hydrogens is 518 g/mol. The number of anilines is 1. The minimum absolute atomic E-state index is 0.0772. The molecule has 39 heavy (non-hydrogen) atoms. The molecule has 1 atom stereocenters. The van der Waals surface area contributed by atoms with Gasteiger partial charge in [-0.1, -0.05) is 37.1 Å². The van der Waals surface area contributed by atoms with Gasteiger partial charge in [0.05, 0.1) is 25.7 Å². The maximum Gasteiger partial charge on any atom is 0.242 e. The number of carbonyl (C=O) groups is 2. The first-order valence-corrected chi connectivity index (χ1v) is 15.4. The van der Waals surface area contributed by atoms with Crippen LogP contribution in [0.1, 0.15) is 57.9 Å². The fourth-order valence-electron chi connectivity index (χ4n) is 4.87. The predicted molar refractivity (Wildman–Crippen MR) is 152 cm³/mol. The van der Waals surface area contributed by atoms with Crippen LogP contribution in [0, 0.1) is 0 Å². The topological polar surface area (TPSA) is 105 Å². The highest BCUT2D eigenvalue weighted by molar-refractivity contribution is 7.92. The Hall–Kier alpha value is -3.27. The third kappa shape index (κ3) is 8.61. The Morgan fingerprint density at radius 3 is 2.49 bits per heavy atom. The van der Waals surface area contributed by atoms with Gasteiger partial charge in [0, 0.05) is 25.6 Å². The van der Waals surface area contributed by atoms with E-state index in [2.05, 4.69) is 5.32 Å². The number of sulfonamides is 1. The lowest BCUT2D eigenvalue weighted by Crippen LogP contribution is -2.49. The molecule has 0 aliphatic heterocycles. The Balaban J connectivity index is 1.75. The lowest BCUT2D eigenvalue weighted by Gasteiger charge is -2.30. The van der Waals surface area contributed by atoms with Gasteiger partial charge in [-0.25, -0.2) is 8.42 Å². The van der Waals surface area contributed by atoms with Crippen molar-refractivity contribution in [3.8, 4) is 11.5 Å². The number of amides is 2. The van der Waals surface area contributed by atoms with Crippen LogP contribution in [0.4, 0.5) is 5.69 Å². The van der Waals surface area contributed by atoms with Crippen LogP contribution in [0.3, 0.4) is 0 Å². The fraction of sp³-hybridized carbons (Fsp3) is 0.517. The molecule has 1 saturated carbocycles. The van der Waals surface area contributed by atoms with Crippen molar-refractivity contribution in [1.82, 2.24) is 10.2 Å². The molecule has 3 rings (SSSR count). The Bertz CT molecular complexity index is 1210. The molecule has 10 heteroatoms. The van der Waals surface area contributed by atoms with Crippen LogP contribution in [-0.4, -0.2) is 63.7 Å². The number of hydrogen-bond donors (Lipinski definition) is 1. The molecule has 0 aromatic heterocycles. The van der Waals surface area contributed by atoms with Crippen LogP contribution in [0.25, 0.3) is 0 Å². The highest BCUT2D eigenvalue weighted by Gasteiger charge is 2.29. The van der Waals surface area contributed by atoms with Crippen LogP contribution >= 0.6 is 0 Å². The molecule has 0 heterocycles. The molecule has 0 spiro atoms. The molecule has 1 fully saturated rings. The summed E-state index contributed by atoms with van der Waals surface area (Å²) in [5.41, 5.74) is 1.28. The van der Waals surface area contributed by atoms with Gasteiger partial charge < -0.3 is 19.7 Å². The van der Waals surface area contributed by atoms with Gasteiger partial charge in [-0.2, -0.15) is 0 Å². The number of hydrogen-bond acceptors (Lipinski definition) is 6. The number of benzene rings is 2. The number of ether oxygens (including phenoxy) is 2. The van der Waals surface area contributed by atoms with Gasteiger partial charge in [0.2, 0.25) is 21.8 Å². The molecule has 9 nitrogen and oxygen atoms in total. The highest BCUT2D eigenvalue weighted by atomic mass is 32.2. The summed E-state index contributed by atoms with van der Waals surface area (Å²) in [6, 6.07) is 13.8. The summed E-state index contributed by atoms with van der Waals surface area (Å²) >= 11 is 0. The summed E-state index contributed by atoms with van der Waals surface area (Å²) in [6.07, 6.45) is 5.58. The van der Waals surface area contributed by atoms with Gasteiger partial charge in [-0.05, 0) is 62.9 Å². The van der Waals surface area contributed by atoms with Crippen LogP contribution in [0.5, 0.6) is 11.5 Å². The number of rotatable bonds is 14. The van der Waals surface area contributed by atoms with Crippen LogP contribution in [0.2, 0.25) is 0 Å². The third-order valence-electron chi connectivity index (χ3n) is 6.94. The third-order valence-corrected chi connectivity index (χ3v) is 8.12. The minimum Gasteiger partial charge on any atom is -0.497 e. The van der Waals surface area contributed by atoms with E-state index in [1.54, 1.807) is 43.2 Å². The summed E-state index contributed by atoms with van der Waals surface area (Å²) < 4.78 is 37.6. The van der Waals surface area contributed by atoms with Crippen molar-refractivity contribution >= 4 is 27.5 Å². The van der Waals surface area contributed by atoms with E-state index in [0.717, 1.165) is 37.5 Å². The normalized spacial score (nSPS) is 14.5. The zero-order valence-corrected chi connectivity index (χ0v) is 24.2. The van der Waals surface area contributed by atoms with Gasteiger partial charge in [0.1, 0.15) is 17.5 Å². The van der Waals surface area contributed by atoms with E-state index in [1.165, 1.54) is 4.31 Å². The summed E-state index contributed by atoms with van der Waals surface area (Å²) in [4.78, 5) is 28.2. The first kappa shape index (κ1) is 30.3. The second-order valence-corrected chi connectivity index (χ2v) is 11.8. The monoisotopic (exact) mass is 559 g/mol. The molecule has 1 aliphatic carbocycles. The van der Waals surface area contributed by atoms with E-state index in [-0.39, 0.29) is 43.8 Å². The van der Waals surface area contributed by atoms with E-state index in [4.69, 9.17) is 9.47 Å². The molecule has 1 unspecified atom stereocenters. The van der Waals surface area contributed by atoms with E-state index in [1.807, 2.05) is 31.2 Å². The zero-order valence-electron chi connectivity index (χ0n) is 23.4. The van der Waals surface area contributed by atoms with Gasteiger partial charge in [-0.3, -0.25) is 13.9 Å². The van der Waals surface area contributed by atoms with Gasteiger partial charge in [0.25, 0.3) is 0 Å². The van der Waals surface area contributed by atoms with Crippen LogP contribution < -0.4 is 19.1 Å². The number of nitrogens with one attached hydrogen (secondary N) is 1. The average Bonchev–Trinajstić information content (AvgIpc) is 3.42. The standard InChI is InChI=1S/C29H41N3O6S/c1-5-38-27-17-9-8-16-26(27)32(39(4,35)36)19-11-18-28(33)31(21-23-12-10-15-25(20-23)37-3)22(2)29(34)30-24-13-6-7-14-24/h8-10,12,15-17,20,22,24H,5-7,11,13-14,18-19,21H2,1-4H3,(H,30,34). The van der Waals surface area contributed by atoms with E-state index in [0.29, 0.717) is 23.8 Å². The molecular formula is C29H41N3O6S. The number of carbonyl (C=O) groups excluding carboxylic acids is 2. The summed E-state index contributed by atoms with van der Waals surface area (Å²) in [7, 11) is -2.05. The van der Waals surface area contributed by atoms with Crippen LogP contribution in [0.15, 0.2) is 48.5 Å². The van der Waals surface area contributed by atoms with Gasteiger partial charge in [-0.15, -0.1) is 0 Å². The Morgan fingerprint density at radius 1 is 1.10 bits per heavy atom. The Morgan fingerprint density at radius 2 is 1.82 bits per heavy atom. The van der Waals surface area contributed by atoms with Gasteiger partial charge >= 0.3 is 0 Å². The predicted octanol–water partition coefficient (Wildman–Crippen LogP) is 4.12. The number of para-hydroxylation sites is 2. The van der Waals surface area contributed by atoms with Crippen molar-refractivity contribution in [1.29, 1.82) is 0 Å². The van der Waals surface area contributed by atoms with Crippen molar-refractivity contribution in [2.45, 2.75) is 71.0 Å². The van der Waals surface area contributed by atoms with Crippen molar-refractivity contribution in [3.05, 3.63) is 54.1 Å². The van der Waals surface area contributed by atoms with Crippen molar-refractivity contribution in [3.63, 3.8) is 0 Å².